The van der Waals surface area contributed by atoms with Crippen molar-refractivity contribution in [1.82, 2.24) is 5.32 Å². The maximum Gasteiger partial charge on any atom is 0.286 e. The molecule has 1 N–H and O–H groups in total. The van der Waals surface area contributed by atoms with E-state index in [0.717, 1.165) is 5.56 Å². The van der Waals surface area contributed by atoms with Crippen molar-refractivity contribution >= 4 is 11.6 Å². The highest BCUT2D eigenvalue weighted by molar-refractivity contribution is 5.99. The van der Waals surface area contributed by atoms with Crippen molar-refractivity contribution in [3.63, 3.8) is 0 Å². The second kappa shape index (κ2) is 10.3. The van der Waals surface area contributed by atoms with Crippen LogP contribution in [0.5, 0.6) is 23.0 Å². The molecule has 0 aliphatic carbocycles. The van der Waals surface area contributed by atoms with Crippen LogP contribution in [0.4, 0.5) is 5.69 Å². The van der Waals surface area contributed by atoms with Gasteiger partial charge in [-0.2, -0.15) is 0 Å². The lowest BCUT2D eigenvalue weighted by Crippen LogP contribution is -2.27. The van der Waals surface area contributed by atoms with Gasteiger partial charge in [-0.25, -0.2) is 0 Å². The molecule has 2 rings (SSSR count). The number of hydrogen-bond acceptors (Lipinski definition) is 7. The van der Waals surface area contributed by atoms with E-state index in [1.54, 1.807) is 32.0 Å². The summed E-state index contributed by atoms with van der Waals surface area (Å²) in [6.07, 6.45) is 0. The SMILES string of the molecule is CCOc1ccc(C(C)NC(=O)c2cc(OCC)c(OC)cc2[N+](=O)[O-])cc1OC. The van der Waals surface area contributed by atoms with E-state index in [0.29, 0.717) is 24.7 Å². The van der Waals surface area contributed by atoms with Crippen LogP contribution >= 0.6 is 0 Å². The maximum atomic E-state index is 12.9. The first-order valence-electron chi connectivity index (χ1n) is 9.46. The first-order chi connectivity index (χ1) is 14.4. The quantitative estimate of drug-likeness (QED) is 0.460. The third-order valence-electron chi connectivity index (χ3n) is 4.36. The number of amides is 1. The number of carbonyl (C=O) groups is 1. The minimum Gasteiger partial charge on any atom is -0.493 e. The molecule has 0 aliphatic rings. The normalized spacial score (nSPS) is 11.4. The molecule has 0 radical (unpaired) electrons. The highest BCUT2D eigenvalue weighted by Gasteiger charge is 2.26. The fourth-order valence-corrected chi connectivity index (χ4v) is 2.90. The Morgan fingerprint density at radius 1 is 1.00 bits per heavy atom. The van der Waals surface area contributed by atoms with Crippen molar-refractivity contribution in [2.75, 3.05) is 27.4 Å². The number of methoxy groups -OCH3 is 2. The fourth-order valence-electron chi connectivity index (χ4n) is 2.90. The van der Waals surface area contributed by atoms with Crippen molar-refractivity contribution in [2.45, 2.75) is 26.8 Å². The van der Waals surface area contributed by atoms with Crippen LogP contribution in [0.1, 0.15) is 42.7 Å². The van der Waals surface area contributed by atoms with Crippen molar-refractivity contribution < 1.29 is 28.7 Å². The van der Waals surface area contributed by atoms with Crippen LogP contribution in [-0.4, -0.2) is 38.3 Å². The number of nitro benzene ring substituents is 1. The molecule has 0 fully saturated rings. The van der Waals surface area contributed by atoms with E-state index in [-0.39, 0.29) is 22.7 Å². The van der Waals surface area contributed by atoms with Gasteiger partial charge in [-0.1, -0.05) is 6.07 Å². The second-order valence-corrected chi connectivity index (χ2v) is 6.25. The topological polar surface area (TPSA) is 109 Å². The van der Waals surface area contributed by atoms with E-state index < -0.39 is 16.9 Å². The minimum atomic E-state index is -0.627. The third-order valence-corrected chi connectivity index (χ3v) is 4.36. The molecule has 9 heteroatoms. The summed E-state index contributed by atoms with van der Waals surface area (Å²) in [6, 6.07) is 7.37. The molecular weight excluding hydrogens is 392 g/mol. The molecule has 0 spiro atoms. The van der Waals surface area contributed by atoms with Crippen LogP contribution in [-0.2, 0) is 0 Å². The number of rotatable bonds is 10. The summed E-state index contributed by atoms with van der Waals surface area (Å²) >= 11 is 0. The van der Waals surface area contributed by atoms with Crippen molar-refractivity contribution in [3.05, 3.63) is 51.6 Å². The van der Waals surface area contributed by atoms with Crippen LogP contribution in [0.25, 0.3) is 0 Å². The van der Waals surface area contributed by atoms with E-state index in [1.165, 1.54) is 26.4 Å². The van der Waals surface area contributed by atoms with Gasteiger partial charge in [-0.3, -0.25) is 14.9 Å². The number of nitrogens with zero attached hydrogens (tertiary/aromatic N) is 1. The monoisotopic (exact) mass is 418 g/mol. The van der Waals surface area contributed by atoms with Gasteiger partial charge in [0.05, 0.1) is 44.5 Å². The zero-order chi connectivity index (χ0) is 22.3. The van der Waals surface area contributed by atoms with Gasteiger partial charge in [-0.05, 0) is 38.5 Å². The predicted molar refractivity (Wildman–Crippen MR) is 111 cm³/mol. The molecule has 0 saturated heterocycles. The summed E-state index contributed by atoms with van der Waals surface area (Å²) in [5.74, 6) is 0.958. The van der Waals surface area contributed by atoms with Crippen LogP contribution < -0.4 is 24.3 Å². The Labute approximate surface area is 175 Å². The number of hydrogen-bond donors (Lipinski definition) is 1. The highest BCUT2D eigenvalue weighted by atomic mass is 16.6. The zero-order valence-electron chi connectivity index (χ0n) is 17.7. The van der Waals surface area contributed by atoms with Crippen molar-refractivity contribution in [2.24, 2.45) is 0 Å². The highest BCUT2D eigenvalue weighted by Crippen LogP contribution is 2.35. The minimum absolute atomic E-state index is 0.117. The van der Waals surface area contributed by atoms with Crippen molar-refractivity contribution in [1.29, 1.82) is 0 Å². The zero-order valence-corrected chi connectivity index (χ0v) is 17.7. The lowest BCUT2D eigenvalue weighted by Gasteiger charge is -2.18. The molecule has 30 heavy (non-hydrogen) atoms. The molecule has 1 amide bonds. The van der Waals surface area contributed by atoms with Gasteiger partial charge in [0, 0.05) is 6.07 Å². The lowest BCUT2D eigenvalue weighted by molar-refractivity contribution is -0.385. The summed E-state index contributed by atoms with van der Waals surface area (Å²) in [5.41, 5.74) is 0.267. The Morgan fingerprint density at radius 2 is 1.60 bits per heavy atom. The first kappa shape index (κ1) is 22.8. The number of carbonyl (C=O) groups excluding carboxylic acids is 1. The van der Waals surface area contributed by atoms with Gasteiger partial charge < -0.3 is 24.3 Å². The largest absolute Gasteiger partial charge is 0.493 e. The Balaban J connectivity index is 2.34. The third kappa shape index (κ3) is 5.11. The van der Waals surface area contributed by atoms with Crippen LogP contribution in [0.15, 0.2) is 30.3 Å². The second-order valence-electron chi connectivity index (χ2n) is 6.25. The smallest absolute Gasteiger partial charge is 0.286 e. The van der Waals surface area contributed by atoms with E-state index in [9.17, 15) is 14.9 Å². The van der Waals surface area contributed by atoms with Gasteiger partial charge in [0.1, 0.15) is 5.56 Å². The van der Waals surface area contributed by atoms with Gasteiger partial charge in [0.15, 0.2) is 23.0 Å². The lowest BCUT2D eigenvalue weighted by atomic mass is 10.1. The molecule has 0 heterocycles. The Bertz CT molecular complexity index is 914. The molecule has 2 aromatic rings. The summed E-state index contributed by atoms with van der Waals surface area (Å²) in [5, 5.41) is 14.3. The van der Waals surface area contributed by atoms with Crippen molar-refractivity contribution in [3.8, 4) is 23.0 Å². The van der Waals surface area contributed by atoms with E-state index in [4.69, 9.17) is 18.9 Å². The van der Waals surface area contributed by atoms with E-state index in [2.05, 4.69) is 5.32 Å². The molecule has 0 saturated carbocycles. The summed E-state index contributed by atoms with van der Waals surface area (Å²) in [4.78, 5) is 23.7. The first-order valence-corrected chi connectivity index (χ1v) is 9.46. The fraction of sp³-hybridized carbons (Fsp3) is 0.381. The molecule has 1 unspecified atom stereocenters. The van der Waals surface area contributed by atoms with Crippen LogP contribution in [0.2, 0.25) is 0 Å². The van der Waals surface area contributed by atoms with Gasteiger partial charge in [-0.15, -0.1) is 0 Å². The number of ether oxygens (including phenoxy) is 4. The standard InChI is InChI=1S/C21H26N2O7/c1-6-29-17-9-8-14(10-18(17)27-4)13(3)22-21(24)15-11-20(30-7-2)19(28-5)12-16(15)23(25)26/h8-13H,6-7H2,1-5H3,(H,22,24). The van der Waals surface area contributed by atoms with Crippen LogP contribution in [0.3, 0.4) is 0 Å². The Kier molecular flexibility index (Phi) is 7.85. The number of nitrogens with one attached hydrogen (secondary N) is 1. The summed E-state index contributed by atoms with van der Waals surface area (Å²) in [6.45, 7) is 6.21. The molecular formula is C21H26N2O7. The van der Waals surface area contributed by atoms with Gasteiger partial charge in [0.25, 0.3) is 11.6 Å². The van der Waals surface area contributed by atoms with E-state index in [1.807, 2.05) is 6.92 Å². The average molecular weight is 418 g/mol. The number of nitro groups is 1. The van der Waals surface area contributed by atoms with Crippen LogP contribution in [0, 0.1) is 10.1 Å². The summed E-state index contributed by atoms with van der Waals surface area (Å²) in [7, 11) is 2.91. The predicted octanol–water partition coefficient (Wildman–Crippen LogP) is 3.90. The molecule has 9 nitrogen and oxygen atoms in total. The molecule has 0 aromatic heterocycles. The van der Waals surface area contributed by atoms with Gasteiger partial charge >= 0.3 is 0 Å². The average Bonchev–Trinajstić information content (AvgIpc) is 2.73. The van der Waals surface area contributed by atoms with E-state index >= 15 is 0 Å². The van der Waals surface area contributed by atoms with Gasteiger partial charge in [0.2, 0.25) is 0 Å². The molecule has 2 aromatic carbocycles. The molecule has 162 valence electrons. The molecule has 0 bridgehead atoms. The molecule has 0 aliphatic heterocycles. The Hall–Kier alpha value is -3.49. The maximum absolute atomic E-state index is 12.9. The Morgan fingerprint density at radius 3 is 2.17 bits per heavy atom. The number of benzene rings is 2. The summed E-state index contributed by atoms with van der Waals surface area (Å²) < 4.78 is 21.4. The molecule has 1 atom stereocenters.